The van der Waals surface area contributed by atoms with E-state index in [4.69, 9.17) is 4.74 Å². The first-order chi connectivity index (χ1) is 8.89. The lowest BCUT2D eigenvalue weighted by molar-refractivity contribution is -0.156. The van der Waals surface area contributed by atoms with Gasteiger partial charge in [-0.25, -0.2) is 4.79 Å². The van der Waals surface area contributed by atoms with Crippen LogP contribution in [0.1, 0.15) is 26.3 Å². The molecule has 1 N–H and O–H groups in total. The molecular formula is C14H19NO4. The van der Waals surface area contributed by atoms with Gasteiger partial charge >= 0.3 is 5.97 Å². The first kappa shape index (κ1) is 15.0. The van der Waals surface area contributed by atoms with E-state index in [1.54, 1.807) is 38.1 Å². The summed E-state index contributed by atoms with van der Waals surface area (Å²) < 4.78 is 5.21. The minimum Gasteiger partial charge on any atom is -0.496 e. The summed E-state index contributed by atoms with van der Waals surface area (Å²) in [6.07, 6.45) is 0.561. The Morgan fingerprint density at radius 1 is 1.42 bits per heavy atom. The van der Waals surface area contributed by atoms with E-state index in [2.05, 4.69) is 0 Å². The zero-order valence-electron chi connectivity index (χ0n) is 11.6. The molecule has 1 rings (SSSR count). The largest absolute Gasteiger partial charge is 0.496 e. The van der Waals surface area contributed by atoms with Crippen molar-refractivity contribution < 1.29 is 19.4 Å². The third-order valence-electron chi connectivity index (χ3n) is 3.23. The van der Waals surface area contributed by atoms with Crippen molar-refractivity contribution in [2.75, 3.05) is 7.11 Å². The highest BCUT2D eigenvalue weighted by atomic mass is 16.5. The van der Waals surface area contributed by atoms with Crippen LogP contribution in [0.5, 0.6) is 5.75 Å². The molecule has 1 aromatic rings. The van der Waals surface area contributed by atoms with Gasteiger partial charge in [0.2, 0.25) is 6.41 Å². The van der Waals surface area contributed by atoms with Crippen LogP contribution >= 0.6 is 0 Å². The molecule has 5 heteroatoms. The minimum absolute atomic E-state index is 0.247. The van der Waals surface area contributed by atoms with E-state index in [0.717, 1.165) is 0 Å². The highest BCUT2D eigenvalue weighted by Gasteiger charge is 2.44. The van der Waals surface area contributed by atoms with Gasteiger partial charge in [-0.2, -0.15) is 0 Å². The van der Waals surface area contributed by atoms with Crippen molar-refractivity contribution in [1.82, 2.24) is 4.90 Å². The van der Waals surface area contributed by atoms with Crippen molar-refractivity contribution in [2.24, 2.45) is 0 Å². The topological polar surface area (TPSA) is 66.8 Å². The number of nitrogens with zero attached hydrogens (tertiary/aromatic N) is 1. The molecule has 104 valence electrons. The van der Waals surface area contributed by atoms with Crippen LogP contribution < -0.4 is 4.74 Å². The molecule has 0 aliphatic carbocycles. The Bertz CT molecular complexity index is 472. The number of methoxy groups -OCH3 is 1. The van der Waals surface area contributed by atoms with E-state index in [9.17, 15) is 14.7 Å². The fraction of sp³-hybridized carbons (Fsp3) is 0.429. The highest BCUT2D eigenvalue weighted by molar-refractivity contribution is 5.84. The molecule has 0 aromatic heterocycles. The van der Waals surface area contributed by atoms with Gasteiger partial charge < -0.3 is 14.7 Å². The van der Waals surface area contributed by atoms with Crippen molar-refractivity contribution in [3.63, 3.8) is 0 Å². The van der Waals surface area contributed by atoms with Crippen molar-refractivity contribution in [1.29, 1.82) is 0 Å². The first-order valence-corrected chi connectivity index (χ1v) is 6.00. The van der Waals surface area contributed by atoms with Crippen LogP contribution in [0.4, 0.5) is 0 Å². The van der Waals surface area contributed by atoms with E-state index in [1.807, 2.05) is 0 Å². The van der Waals surface area contributed by atoms with Crippen molar-refractivity contribution in [3.05, 3.63) is 29.8 Å². The summed E-state index contributed by atoms with van der Waals surface area (Å²) >= 11 is 0. The molecule has 0 heterocycles. The maximum Gasteiger partial charge on any atom is 0.334 e. The number of carbonyl (C=O) groups excluding carboxylic acids is 1. The van der Waals surface area contributed by atoms with Crippen LogP contribution in [-0.4, -0.2) is 35.5 Å². The number of carboxylic acid groups (broad SMARTS) is 1. The quantitative estimate of drug-likeness (QED) is 0.797. The van der Waals surface area contributed by atoms with Crippen LogP contribution in [-0.2, 0) is 15.1 Å². The first-order valence-electron chi connectivity index (χ1n) is 6.00. The van der Waals surface area contributed by atoms with Gasteiger partial charge in [-0.1, -0.05) is 18.2 Å². The third kappa shape index (κ3) is 2.54. The molecule has 19 heavy (non-hydrogen) atoms. The van der Waals surface area contributed by atoms with Gasteiger partial charge in [0.1, 0.15) is 5.75 Å². The number of rotatable bonds is 6. The maximum atomic E-state index is 11.7. The number of benzene rings is 1. The Morgan fingerprint density at radius 3 is 2.42 bits per heavy atom. The Labute approximate surface area is 112 Å². The second kappa shape index (κ2) is 5.73. The van der Waals surface area contributed by atoms with E-state index >= 15 is 0 Å². The van der Waals surface area contributed by atoms with Crippen LogP contribution in [0.3, 0.4) is 0 Å². The normalized spacial score (nSPS) is 13.7. The molecule has 5 nitrogen and oxygen atoms in total. The van der Waals surface area contributed by atoms with Crippen LogP contribution in [0.25, 0.3) is 0 Å². The van der Waals surface area contributed by atoms with E-state index in [0.29, 0.717) is 17.7 Å². The van der Waals surface area contributed by atoms with Gasteiger partial charge in [-0.15, -0.1) is 0 Å². The molecule has 0 bridgehead atoms. The summed E-state index contributed by atoms with van der Waals surface area (Å²) in [5.74, 6) is -0.655. The predicted molar refractivity (Wildman–Crippen MR) is 71.0 cm³/mol. The smallest absolute Gasteiger partial charge is 0.334 e. The van der Waals surface area contributed by atoms with Crippen molar-refractivity contribution in [3.8, 4) is 5.75 Å². The molecule has 0 aliphatic heterocycles. The number of hydrogen-bond donors (Lipinski definition) is 1. The van der Waals surface area contributed by atoms with Gasteiger partial charge in [-0.3, -0.25) is 4.79 Å². The molecule has 1 unspecified atom stereocenters. The maximum absolute atomic E-state index is 11.7. The number of carboxylic acids is 1. The standard InChI is InChI=1S/C14H19NO4/c1-10(2)15(9-16)14(3,13(17)18)11-7-5-6-8-12(11)19-4/h5-10H,1-4H3,(H,17,18). The number of aliphatic carboxylic acids is 1. The minimum atomic E-state index is -1.47. The van der Waals surface area contributed by atoms with Crippen molar-refractivity contribution >= 4 is 12.4 Å². The van der Waals surface area contributed by atoms with Gasteiger partial charge in [0.25, 0.3) is 0 Å². The Morgan fingerprint density at radius 2 is 2.00 bits per heavy atom. The van der Waals surface area contributed by atoms with E-state index in [1.165, 1.54) is 18.9 Å². The lowest BCUT2D eigenvalue weighted by Crippen LogP contribution is -2.52. The molecule has 1 atom stereocenters. The van der Waals surface area contributed by atoms with Gasteiger partial charge in [0, 0.05) is 11.6 Å². The number of para-hydroxylation sites is 1. The molecule has 0 saturated carbocycles. The average Bonchev–Trinajstić information content (AvgIpc) is 2.38. The lowest BCUT2D eigenvalue weighted by Gasteiger charge is -2.38. The second-order valence-electron chi connectivity index (χ2n) is 4.68. The zero-order valence-corrected chi connectivity index (χ0v) is 11.6. The number of hydrogen-bond acceptors (Lipinski definition) is 3. The summed E-state index contributed by atoms with van der Waals surface area (Å²) in [5, 5.41) is 9.60. The fourth-order valence-corrected chi connectivity index (χ4v) is 2.16. The molecular weight excluding hydrogens is 246 g/mol. The number of carbonyl (C=O) groups is 2. The lowest BCUT2D eigenvalue weighted by atomic mass is 9.88. The Balaban J connectivity index is 3.49. The van der Waals surface area contributed by atoms with Crippen LogP contribution in [0.2, 0.25) is 0 Å². The zero-order chi connectivity index (χ0) is 14.6. The third-order valence-corrected chi connectivity index (χ3v) is 3.23. The second-order valence-corrected chi connectivity index (χ2v) is 4.68. The summed E-state index contributed by atoms with van der Waals surface area (Å²) in [5.41, 5.74) is -1.02. The predicted octanol–water partition coefficient (Wildman–Crippen LogP) is 1.86. The van der Waals surface area contributed by atoms with E-state index < -0.39 is 11.5 Å². The van der Waals surface area contributed by atoms with Crippen LogP contribution in [0.15, 0.2) is 24.3 Å². The SMILES string of the molecule is COc1ccccc1C(C)(C(=O)O)N(C=O)C(C)C. The molecule has 1 aromatic carbocycles. The number of ether oxygens (including phenoxy) is 1. The van der Waals surface area contributed by atoms with Gasteiger partial charge in [0.05, 0.1) is 7.11 Å². The molecule has 0 radical (unpaired) electrons. The van der Waals surface area contributed by atoms with Crippen LogP contribution in [0, 0.1) is 0 Å². The molecule has 0 fully saturated rings. The summed E-state index contributed by atoms with van der Waals surface area (Å²) in [4.78, 5) is 24.3. The fourth-order valence-electron chi connectivity index (χ4n) is 2.16. The summed E-state index contributed by atoms with van der Waals surface area (Å²) in [7, 11) is 1.47. The molecule has 0 aliphatic rings. The molecule has 1 amide bonds. The highest BCUT2D eigenvalue weighted by Crippen LogP contribution is 2.35. The van der Waals surface area contributed by atoms with E-state index in [-0.39, 0.29) is 6.04 Å². The monoisotopic (exact) mass is 265 g/mol. The van der Waals surface area contributed by atoms with Crippen molar-refractivity contribution in [2.45, 2.75) is 32.4 Å². The number of amides is 1. The summed E-state index contributed by atoms with van der Waals surface area (Å²) in [6, 6.07) is 6.57. The molecule has 0 spiro atoms. The average molecular weight is 265 g/mol. The molecule has 0 saturated heterocycles. The Hall–Kier alpha value is -2.04. The Kier molecular flexibility index (Phi) is 4.53. The van der Waals surface area contributed by atoms with Gasteiger partial charge in [-0.05, 0) is 26.8 Å². The summed E-state index contributed by atoms with van der Waals surface area (Å²) in [6.45, 7) is 5.04. The van der Waals surface area contributed by atoms with Gasteiger partial charge in [0.15, 0.2) is 5.54 Å².